The van der Waals surface area contributed by atoms with Crippen molar-refractivity contribution in [3.05, 3.63) is 23.8 Å². The highest BCUT2D eigenvalue weighted by Gasteiger charge is 2.09. The van der Waals surface area contributed by atoms with Gasteiger partial charge in [0.25, 0.3) is 5.91 Å². The van der Waals surface area contributed by atoms with E-state index in [2.05, 4.69) is 24.1 Å². The van der Waals surface area contributed by atoms with Gasteiger partial charge in [0.2, 0.25) is 0 Å². The molecule has 0 heterocycles. The third-order valence-electron chi connectivity index (χ3n) is 3.30. The summed E-state index contributed by atoms with van der Waals surface area (Å²) >= 11 is 0. The van der Waals surface area contributed by atoms with Crippen LogP contribution in [0.4, 0.5) is 0 Å². The summed E-state index contributed by atoms with van der Waals surface area (Å²) in [7, 11) is 1.49. The number of likely N-dealkylation sites (N-methyl/N-ethyl adjacent to an activating group) is 1. The molecule has 0 radical (unpaired) electrons. The van der Waals surface area contributed by atoms with Gasteiger partial charge in [-0.25, -0.2) is 0 Å². The number of nitrogens with zero attached hydrogens (tertiary/aromatic N) is 2. The van der Waals surface area contributed by atoms with Crippen molar-refractivity contribution in [2.45, 2.75) is 13.8 Å². The molecule has 0 saturated heterocycles. The van der Waals surface area contributed by atoms with Gasteiger partial charge in [0.05, 0.1) is 18.7 Å². The summed E-state index contributed by atoms with van der Waals surface area (Å²) in [6.07, 6.45) is 0. The number of nitrogens with one attached hydrogen (secondary N) is 1. The lowest BCUT2D eigenvalue weighted by atomic mass is 10.2. The summed E-state index contributed by atoms with van der Waals surface area (Å²) in [6.45, 7) is 7.43. The summed E-state index contributed by atoms with van der Waals surface area (Å²) in [6, 6.07) is 6.85. The van der Waals surface area contributed by atoms with Gasteiger partial charge in [0.1, 0.15) is 0 Å². The Morgan fingerprint density at radius 1 is 1.32 bits per heavy atom. The molecule has 0 aliphatic heterocycles. The van der Waals surface area contributed by atoms with Gasteiger partial charge in [-0.3, -0.25) is 4.79 Å². The molecule has 0 saturated carbocycles. The lowest BCUT2D eigenvalue weighted by Gasteiger charge is -2.18. The van der Waals surface area contributed by atoms with Crippen molar-refractivity contribution in [1.29, 1.82) is 5.26 Å². The van der Waals surface area contributed by atoms with E-state index in [1.807, 2.05) is 6.07 Å². The fourth-order valence-electron chi connectivity index (χ4n) is 1.94. The average molecular weight is 305 g/mol. The highest BCUT2D eigenvalue weighted by molar-refractivity contribution is 5.77. The number of carbonyl (C=O) groups is 1. The molecule has 22 heavy (non-hydrogen) atoms. The number of benzene rings is 1. The van der Waals surface area contributed by atoms with Crippen molar-refractivity contribution in [2.24, 2.45) is 0 Å². The molecule has 1 amide bonds. The molecular weight excluding hydrogens is 282 g/mol. The molecule has 1 rings (SSSR count). The van der Waals surface area contributed by atoms with E-state index in [9.17, 15) is 4.79 Å². The van der Waals surface area contributed by atoms with Crippen LogP contribution in [0.15, 0.2) is 18.2 Å². The van der Waals surface area contributed by atoms with Crippen LogP contribution in [-0.2, 0) is 4.79 Å². The molecule has 1 aromatic carbocycles. The zero-order valence-electron chi connectivity index (χ0n) is 13.4. The van der Waals surface area contributed by atoms with Crippen LogP contribution in [-0.4, -0.2) is 50.7 Å². The normalized spacial score (nSPS) is 10.1. The van der Waals surface area contributed by atoms with Crippen LogP contribution in [0.25, 0.3) is 0 Å². The standard InChI is InChI=1S/C16H23N3O3/c1-4-19(5-2)9-8-18-16(20)12-22-14-7-6-13(11-17)10-15(14)21-3/h6-7,10H,4-5,8-9,12H2,1-3H3,(H,18,20). The second kappa shape index (κ2) is 9.64. The highest BCUT2D eigenvalue weighted by Crippen LogP contribution is 2.27. The topological polar surface area (TPSA) is 74.6 Å². The third-order valence-corrected chi connectivity index (χ3v) is 3.30. The van der Waals surface area contributed by atoms with Gasteiger partial charge in [-0.05, 0) is 25.2 Å². The number of hydrogen-bond donors (Lipinski definition) is 1. The Bertz CT molecular complexity index is 522. The minimum atomic E-state index is -0.182. The molecule has 0 fully saturated rings. The van der Waals surface area contributed by atoms with Gasteiger partial charge >= 0.3 is 0 Å². The maximum atomic E-state index is 11.7. The molecule has 0 atom stereocenters. The largest absolute Gasteiger partial charge is 0.493 e. The molecule has 0 aliphatic rings. The van der Waals surface area contributed by atoms with Crippen molar-refractivity contribution >= 4 is 5.91 Å². The van der Waals surface area contributed by atoms with E-state index in [4.69, 9.17) is 14.7 Å². The fourth-order valence-corrected chi connectivity index (χ4v) is 1.94. The van der Waals surface area contributed by atoms with E-state index in [-0.39, 0.29) is 12.5 Å². The Labute approximate surface area is 131 Å². The Hall–Kier alpha value is -2.26. The molecule has 0 spiro atoms. The zero-order chi connectivity index (χ0) is 16.4. The lowest BCUT2D eigenvalue weighted by molar-refractivity contribution is -0.123. The van der Waals surface area contributed by atoms with E-state index in [1.54, 1.807) is 18.2 Å². The van der Waals surface area contributed by atoms with E-state index >= 15 is 0 Å². The summed E-state index contributed by atoms with van der Waals surface area (Å²) in [5, 5.41) is 11.6. The zero-order valence-corrected chi connectivity index (χ0v) is 13.4. The third kappa shape index (κ3) is 5.62. The molecule has 6 nitrogen and oxygen atoms in total. The Morgan fingerprint density at radius 2 is 2.05 bits per heavy atom. The Kier molecular flexibility index (Phi) is 7.79. The van der Waals surface area contributed by atoms with E-state index in [1.165, 1.54) is 7.11 Å². The molecule has 1 N–H and O–H groups in total. The Morgan fingerprint density at radius 3 is 2.64 bits per heavy atom. The van der Waals surface area contributed by atoms with Crippen LogP contribution in [0.5, 0.6) is 11.5 Å². The molecule has 0 unspecified atom stereocenters. The second-order valence-corrected chi connectivity index (χ2v) is 4.64. The van der Waals surface area contributed by atoms with Crippen LogP contribution >= 0.6 is 0 Å². The molecule has 0 aliphatic carbocycles. The van der Waals surface area contributed by atoms with Crippen LogP contribution in [0.2, 0.25) is 0 Å². The van der Waals surface area contributed by atoms with E-state index in [0.29, 0.717) is 23.6 Å². The maximum absolute atomic E-state index is 11.7. The summed E-state index contributed by atoms with van der Waals surface area (Å²) in [4.78, 5) is 14.0. The minimum Gasteiger partial charge on any atom is -0.493 e. The summed E-state index contributed by atoms with van der Waals surface area (Å²) in [5.74, 6) is 0.703. The van der Waals surface area contributed by atoms with Crippen molar-refractivity contribution in [3.8, 4) is 17.6 Å². The monoisotopic (exact) mass is 305 g/mol. The summed E-state index contributed by atoms with van der Waals surface area (Å²) in [5.41, 5.74) is 0.480. The van der Waals surface area contributed by atoms with Gasteiger partial charge in [-0.2, -0.15) is 5.26 Å². The number of carbonyl (C=O) groups excluding carboxylic acids is 1. The summed E-state index contributed by atoms with van der Waals surface area (Å²) < 4.78 is 10.6. The molecule has 0 aromatic heterocycles. The first-order valence-electron chi connectivity index (χ1n) is 7.34. The van der Waals surface area contributed by atoms with Gasteiger partial charge in [-0.15, -0.1) is 0 Å². The van der Waals surface area contributed by atoms with Crippen LogP contribution in [0, 0.1) is 11.3 Å². The lowest BCUT2D eigenvalue weighted by Crippen LogP contribution is -2.36. The van der Waals surface area contributed by atoms with Crippen molar-refractivity contribution in [2.75, 3.05) is 39.9 Å². The first-order valence-corrected chi connectivity index (χ1v) is 7.34. The highest BCUT2D eigenvalue weighted by atomic mass is 16.5. The molecule has 0 bridgehead atoms. The van der Waals surface area contributed by atoms with Gasteiger partial charge in [0.15, 0.2) is 18.1 Å². The molecule has 120 valence electrons. The molecule has 6 heteroatoms. The number of rotatable bonds is 9. The van der Waals surface area contributed by atoms with Crippen molar-refractivity contribution in [3.63, 3.8) is 0 Å². The van der Waals surface area contributed by atoms with E-state index in [0.717, 1.165) is 19.6 Å². The quantitative estimate of drug-likeness (QED) is 0.746. The van der Waals surface area contributed by atoms with E-state index < -0.39 is 0 Å². The van der Waals surface area contributed by atoms with Gasteiger partial charge in [0, 0.05) is 19.2 Å². The number of methoxy groups -OCH3 is 1. The van der Waals surface area contributed by atoms with Crippen molar-refractivity contribution < 1.29 is 14.3 Å². The Balaban J connectivity index is 2.43. The van der Waals surface area contributed by atoms with Gasteiger partial charge in [-0.1, -0.05) is 13.8 Å². The number of ether oxygens (including phenoxy) is 2. The fraction of sp³-hybridized carbons (Fsp3) is 0.500. The number of nitriles is 1. The molecule has 1 aromatic rings. The maximum Gasteiger partial charge on any atom is 0.257 e. The van der Waals surface area contributed by atoms with Gasteiger partial charge < -0.3 is 19.7 Å². The first-order chi connectivity index (χ1) is 10.6. The van der Waals surface area contributed by atoms with Crippen LogP contribution in [0.1, 0.15) is 19.4 Å². The predicted octanol–water partition coefficient (Wildman–Crippen LogP) is 1.40. The number of hydrogen-bond acceptors (Lipinski definition) is 5. The van der Waals surface area contributed by atoms with Crippen LogP contribution in [0.3, 0.4) is 0 Å². The average Bonchev–Trinajstić information content (AvgIpc) is 2.56. The SMILES string of the molecule is CCN(CC)CCNC(=O)COc1ccc(C#N)cc1OC. The molecular formula is C16H23N3O3. The smallest absolute Gasteiger partial charge is 0.257 e. The first kappa shape index (κ1) is 17.8. The minimum absolute atomic E-state index is 0.0828. The second-order valence-electron chi connectivity index (χ2n) is 4.64. The number of amides is 1. The van der Waals surface area contributed by atoms with Crippen LogP contribution < -0.4 is 14.8 Å². The van der Waals surface area contributed by atoms with Crippen molar-refractivity contribution in [1.82, 2.24) is 10.2 Å². The predicted molar refractivity (Wildman–Crippen MR) is 84.0 cm³/mol.